The third-order valence-corrected chi connectivity index (χ3v) is 4.17. The number of carbonyl (C=O) groups excluding carboxylic acids is 2. The van der Waals surface area contributed by atoms with E-state index in [9.17, 15) is 19.5 Å². The van der Waals surface area contributed by atoms with Crippen LogP contribution in [-0.4, -0.2) is 29.6 Å². The Morgan fingerprint density at radius 1 is 1.25 bits per heavy atom. The SMILES string of the molecule is CCOC(=O)CC(=O)Nc1scc(-c2ccc(Cl)cc2)c1C(=O)O. The molecule has 1 aromatic carbocycles. The average molecular weight is 368 g/mol. The van der Waals surface area contributed by atoms with Gasteiger partial charge >= 0.3 is 11.9 Å². The molecular weight excluding hydrogens is 354 g/mol. The Labute approximate surface area is 147 Å². The second-order valence-electron chi connectivity index (χ2n) is 4.70. The summed E-state index contributed by atoms with van der Waals surface area (Å²) in [6.07, 6.45) is -0.471. The van der Waals surface area contributed by atoms with Gasteiger partial charge in [0.25, 0.3) is 0 Å². The summed E-state index contributed by atoms with van der Waals surface area (Å²) >= 11 is 6.91. The highest BCUT2D eigenvalue weighted by atomic mass is 35.5. The van der Waals surface area contributed by atoms with E-state index in [1.165, 1.54) is 0 Å². The van der Waals surface area contributed by atoms with Crippen molar-refractivity contribution in [3.63, 3.8) is 0 Å². The first-order chi connectivity index (χ1) is 11.4. The van der Waals surface area contributed by atoms with Gasteiger partial charge in [0.1, 0.15) is 17.0 Å². The minimum Gasteiger partial charge on any atom is -0.478 e. The minimum atomic E-state index is -1.17. The van der Waals surface area contributed by atoms with Crippen molar-refractivity contribution < 1.29 is 24.2 Å². The van der Waals surface area contributed by atoms with E-state index in [2.05, 4.69) is 10.1 Å². The third kappa shape index (κ3) is 4.33. The van der Waals surface area contributed by atoms with Gasteiger partial charge in [-0.25, -0.2) is 4.79 Å². The van der Waals surface area contributed by atoms with Gasteiger partial charge in [-0.3, -0.25) is 9.59 Å². The summed E-state index contributed by atoms with van der Waals surface area (Å²) in [5, 5.41) is 14.3. The molecule has 0 radical (unpaired) electrons. The highest BCUT2D eigenvalue weighted by molar-refractivity contribution is 7.15. The molecule has 2 rings (SSSR count). The lowest BCUT2D eigenvalue weighted by Gasteiger charge is -2.06. The van der Waals surface area contributed by atoms with E-state index in [-0.39, 0.29) is 17.2 Å². The second kappa shape index (κ2) is 7.94. The van der Waals surface area contributed by atoms with Crippen molar-refractivity contribution in [1.29, 1.82) is 0 Å². The second-order valence-corrected chi connectivity index (χ2v) is 6.01. The zero-order valence-corrected chi connectivity index (χ0v) is 14.2. The maximum Gasteiger partial charge on any atom is 0.339 e. The fraction of sp³-hybridized carbons (Fsp3) is 0.188. The van der Waals surface area contributed by atoms with Crippen molar-refractivity contribution >= 4 is 45.8 Å². The summed E-state index contributed by atoms with van der Waals surface area (Å²) in [4.78, 5) is 34.7. The number of ether oxygens (including phenoxy) is 1. The maximum absolute atomic E-state index is 11.8. The maximum atomic E-state index is 11.8. The van der Waals surface area contributed by atoms with Crippen molar-refractivity contribution in [3.8, 4) is 11.1 Å². The molecule has 0 atom stereocenters. The molecule has 0 aliphatic rings. The van der Waals surface area contributed by atoms with Gasteiger partial charge in [-0.1, -0.05) is 23.7 Å². The molecule has 0 saturated carbocycles. The molecule has 0 unspecified atom stereocenters. The fourth-order valence-corrected chi connectivity index (χ4v) is 3.12. The van der Waals surface area contributed by atoms with Crippen LogP contribution in [0, 0.1) is 0 Å². The minimum absolute atomic E-state index is 0.0282. The molecule has 2 N–H and O–H groups in total. The molecule has 6 nitrogen and oxygen atoms in total. The van der Waals surface area contributed by atoms with Crippen molar-refractivity contribution in [3.05, 3.63) is 40.2 Å². The molecule has 0 saturated heterocycles. The standard InChI is InChI=1S/C16H14ClNO5S/c1-2-23-13(20)7-12(19)18-15-14(16(21)22)11(8-24-15)9-3-5-10(17)6-4-9/h3-6,8H,2,7H2,1H3,(H,18,19)(H,21,22). The van der Waals surface area contributed by atoms with E-state index in [1.807, 2.05) is 0 Å². The van der Waals surface area contributed by atoms with Gasteiger partial charge in [0, 0.05) is 16.0 Å². The molecular formula is C16H14ClNO5S. The number of carboxylic acid groups (broad SMARTS) is 1. The van der Waals surface area contributed by atoms with E-state index in [0.29, 0.717) is 16.1 Å². The largest absolute Gasteiger partial charge is 0.478 e. The zero-order valence-electron chi connectivity index (χ0n) is 12.7. The summed E-state index contributed by atoms with van der Waals surface area (Å²) in [5.41, 5.74) is 1.11. The van der Waals surface area contributed by atoms with Crippen LogP contribution in [0.4, 0.5) is 5.00 Å². The number of thiophene rings is 1. The molecule has 0 aliphatic heterocycles. The van der Waals surface area contributed by atoms with Crippen LogP contribution in [0.2, 0.25) is 5.02 Å². The number of hydrogen-bond acceptors (Lipinski definition) is 5. The first-order valence-electron chi connectivity index (χ1n) is 6.98. The molecule has 0 aliphatic carbocycles. The normalized spacial score (nSPS) is 10.2. The Morgan fingerprint density at radius 2 is 1.92 bits per heavy atom. The van der Waals surface area contributed by atoms with Gasteiger partial charge in [-0.05, 0) is 24.6 Å². The van der Waals surface area contributed by atoms with Crippen LogP contribution in [-0.2, 0) is 14.3 Å². The molecule has 126 valence electrons. The van der Waals surface area contributed by atoms with Crippen LogP contribution < -0.4 is 5.32 Å². The van der Waals surface area contributed by atoms with Gasteiger partial charge in [0.05, 0.1) is 6.61 Å². The highest BCUT2D eigenvalue weighted by Crippen LogP contribution is 2.36. The number of anilines is 1. The van der Waals surface area contributed by atoms with Gasteiger partial charge in [-0.15, -0.1) is 11.3 Å². The lowest BCUT2D eigenvalue weighted by Crippen LogP contribution is -2.18. The van der Waals surface area contributed by atoms with E-state index in [0.717, 1.165) is 11.3 Å². The van der Waals surface area contributed by atoms with Crippen LogP contribution in [0.15, 0.2) is 29.6 Å². The van der Waals surface area contributed by atoms with Crippen LogP contribution in [0.25, 0.3) is 11.1 Å². The Hall–Kier alpha value is -2.38. The lowest BCUT2D eigenvalue weighted by molar-refractivity contribution is -0.145. The van der Waals surface area contributed by atoms with Gasteiger partial charge in [0.15, 0.2) is 0 Å². The number of amides is 1. The molecule has 1 amide bonds. The molecule has 0 bridgehead atoms. The van der Waals surface area contributed by atoms with Gasteiger partial charge in [0.2, 0.25) is 5.91 Å². The number of hydrogen-bond donors (Lipinski definition) is 2. The van der Waals surface area contributed by atoms with Crippen molar-refractivity contribution in [1.82, 2.24) is 0 Å². The molecule has 1 heterocycles. The summed E-state index contributed by atoms with van der Waals surface area (Å²) < 4.78 is 4.69. The number of esters is 1. The van der Waals surface area contributed by atoms with Crippen LogP contribution in [0.5, 0.6) is 0 Å². The first kappa shape index (κ1) is 18.0. The molecule has 8 heteroatoms. The van der Waals surface area contributed by atoms with Crippen molar-refractivity contribution in [2.75, 3.05) is 11.9 Å². The van der Waals surface area contributed by atoms with E-state index < -0.39 is 24.3 Å². The number of aromatic carboxylic acids is 1. The number of carbonyl (C=O) groups is 3. The quantitative estimate of drug-likeness (QED) is 0.600. The summed E-state index contributed by atoms with van der Waals surface area (Å²) in [5.74, 6) is -2.46. The lowest BCUT2D eigenvalue weighted by atomic mass is 10.0. The van der Waals surface area contributed by atoms with Gasteiger partial charge in [-0.2, -0.15) is 0 Å². The number of rotatable bonds is 6. The molecule has 0 fully saturated rings. The number of halogens is 1. The van der Waals surface area contributed by atoms with Crippen LogP contribution in [0.1, 0.15) is 23.7 Å². The van der Waals surface area contributed by atoms with Crippen LogP contribution >= 0.6 is 22.9 Å². The zero-order chi connectivity index (χ0) is 17.7. The molecule has 0 spiro atoms. The molecule has 2 aromatic rings. The Morgan fingerprint density at radius 3 is 2.50 bits per heavy atom. The Balaban J connectivity index is 2.25. The van der Waals surface area contributed by atoms with E-state index in [4.69, 9.17) is 11.6 Å². The topological polar surface area (TPSA) is 92.7 Å². The third-order valence-electron chi connectivity index (χ3n) is 3.02. The summed E-state index contributed by atoms with van der Waals surface area (Å²) in [6.45, 7) is 1.81. The van der Waals surface area contributed by atoms with Crippen molar-refractivity contribution in [2.45, 2.75) is 13.3 Å². The Kier molecular flexibility index (Phi) is 5.94. The summed E-state index contributed by atoms with van der Waals surface area (Å²) in [6, 6.07) is 6.69. The predicted octanol–water partition coefficient (Wildman–Crippen LogP) is 3.66. The van der Waals surface area contributed by atoms with Crippen molar-refractivity contribution in [2.24, 2.45) is 0 Å². The molecule has 24 heavy (non-hydrogen) atoms. The number of nitrogens with one attached hydrogen (secondary N) is 1. The van der Waals surface area contributed by atoms with E-state index in [1.54, 1.807) is 36.6 Å². The Bertz CT molecular complexity index is 769. The fourth-order valence-electron chi connectivity index (χ4n) is 2.02. The summed E-state index contributed by atoms with van der Waals surface area (Å²) in [7, 11) is 0. The van der Waals surface area contributed by atoms with Gasteiger partial charge < -0.3 is 15.2 Å². The van der Waals surface area contributed by atoms with Crippen LogP contribution in [0.3, 0.4) is 0 Å². The number of carboxylic acids is 1. The average Bonchev–Trinajstić information content (AvgIpc) is 2.91. The number of benzene rings is 1. The highest BCUT2D eigenvalue weighted by Gasteiger charge is 2.22. The predicted molar refractivity (Wildman–Crippen MR) is 91.6 cm³/mol. The smallest absolute Gasteiger partial charge is 0.339 e. The molecule has 1 aromatic heterocycles. The first-order valence-corrected chi connectivity index (χ1v) is 8.24. The van der Waals surface area contributed by atoms with E-state index >= 15 is 0 Å². The monoisotopic (exact) mass is 367 g/mol.